The normalized spacial score (nSPS) is 11.5. The van der Waals surface area contributed by atoms with Crippen molar-refractivity contribution in [2.45, 2.75) is 0 Å². The van der Waals surface area contributed by atoms with Gasteiger partial charge in [-0.05, 0) is 22.0 Å². The molecule has 1 rings (SSSR count). The van der Waals surface area contributed by atoms with Crippen LogP contribution in [0.25, 0.3) is 0 Å². The zero-order chi connectivity index (χ0) is 11.4. The molecule has 1 aromatic carbocycles. The van der Waals surface area contributed by atoms with E-state index in [0.717, 1.165) is 0 Å². The highest BCUT2D eigenvalue weighted by Crippen LogP contribution is 2.38. The standard InChI is InChI=1S/C9H10BrClN2O2/c1-15-5-2-6(10)9(14)7(3-5)13-8(12)4-11/h2-3,14H,4H2,1H3,(H2,12,13). The highest BCUT2D eigenvalue weighted by Gasteiger charge is 2.08. The van der Waals surface area contributed by atoms with Crippen molar-refractivity contribution in [3.8, 4) is 11.5 Å². The van der Waals surface area contributed by atoms with Crippen LogP contribution in [0, 0.1) is 0 Å². The molecule has 6 heteroatoms. The second-order valence-corrected chi connectivity index (χ2v) is 3.84. The summed E-state index contributed by atoms with van der Waals surface area (Å²) in [4.78, 5) is 3.95. The first-order valence-electron chi connectivity index (χ1n) is 4.04. The number of phenolic OH excluding ortho intramolecular Hbond substituents is 1. The molecule has 0 spiro atoms. The van der Waals surface area contributed by atoms with Gasteiger partial charge in [0.1, 0.15) is 17.3 Å². The number of ether oxygens (including phenoxy) is 1. The first-order chi connectivity index (χ1) is 7.08. The van der Waals surface area contributed by atoms with Gasteiger partial charge in [0.2, 0.25) is 0 Å². The van der Waals surface area contributed by atoms with E-state index in [1.807, 2.05) is 0 Å². The number of phenols is 1. The number of alkyl halides is 1. The van der Waals surface area contributed by atoms with Crippen LogP contribution >= 0.6 is 27.5 Å². The molecule has 0 aliphatic carbocycles. The Morgan fingerprint density at radius 2 is 2.33 bits per heavy atom. The van der Waals surface area contributed by atoms with Crippen LogP contribution in [-0.2, 0) is 0 Å². The number of hydrogen-bond donors (Lipinski definition) is 2. The molecular formula is C9H10BrClN2O2. The van der Waals surface area contributed by atoms with Crippen molar-refractivity contribution in [3.05, 3.63) is 16.6 Å². The van der Waals surface area contributed by atoms with Gasteiger partial charge in [-0.2, -0.15) is 0 Å². The zero-order valence-electron chi connectivity index (χ0n) is 8.00. The maximum Gasteiger partial charge on any atom is 0.155 e. The molecule has 1 aromatic rings. The third-order valence-electron chi connectivity index (χ3n) is 1.65. The Morgan fingerprint density at radius 1 is 1.67 bits per heavy atom. The molecule has 0 unspecified atom stereocenters. The average molecular weight is 294 g/mol. The van der Waals surface area contributed by atoms with E-state index in [4.69, 9.17) is 22.1 Å². The number of nitrogens with two attached hydrogens (primary N) is 1. The quantitative estimate of drug-likeness (QED) is 0.511. The molecule has 0 bridgehead atoms. The van der Waals surface area contributed by atoms with E-state index in [0.29, 0.717) is 15.9 Å². The minimum atomic E-state index is 0.00358. The van der Waals surface area contributed by atoms with E-state index in [-0.39, 0.29) is 17.5 Å². The first-order valence-corrected chi connectivity index (χ1v) is 5.36. The Balaban J connectivity index is 3.22. The maximum atomic E-state index is 9.65. The molecule has 0 aliphatic rings. The van der Waals surface area contributed by atoms with Crippen molar-refractivity contribution in [1.82, 2.24) is 0 Å². The predicted molar refractivity (Wildman–Crippen MR) is 64.4 cm³/mol. The Kier molecular flexibility index (Phi) is 4.23. The van der Waals surface area contributed by atoms with Gasteiger partial charge in [0.15, 0.2) is 5.75 Å². The largest absolute Gasteiger partial charge is 0.505 e. The number of hydrogen-bond acceptors (Lipinski definition) is 3. The van der Waals surface area contributed by atoms with Crippen molar-refractivity contribution < 1.29 is 9.84 Å². The third kappa shape index (κ3) is 3.00. The molecule has 82 valence electrons. The van der Waals surface area contributed by atoms with Gasteiger partial charge in [0.05, 0.1) is 17.5 Å². The van der Waals surface area contributed by atoms with Crippen LogP contribution in [0.2, 0.25) is 0 Å². The summed E-state index contributed by atoms with van der Waals surface area (Å²) in [5.41, 5.74) is 5.79. The summed E-state index contributed by atoms with van der Waals surface area (Å²) in [6.45, 7) is 0. The molecule has 0 aliphatic heterocycles. The van der Waals surface area contributed by atoms with Crippen LogP contribution < -0.4 is 10.5 Å². The molecule has 0 amide bonds. The van der Waals surface area contributed by atoms with E-state index in [1.165, 1.54) is 7.11 Å². The third-order valence-corrected chi connectivity index (χ3v) is 2.53. The van der Waals surface area contributed by atoms with Gasteiger partial charge in [-0.1, -0.05) is 0 Å². The fraction of sp³-hybridized carbons (Fsp3) is 0.222. The Hall–Kier alpha value is -0.940. The lowest BCUT2D eigenvalue weighted by Gasteiger charge is -2.06. The summed E-state index contributed by atoms with van der Waals surface area (Å²) in [6, 6.07) is 3.20. The summed E-state index contributed by atoms with van der Waals surface area (Å²) < 4.78 is 5.51. The summed E-state index contributed by atoms with van der Waals surface area (Å²) in [5, 5.41) is 9.65. The highest BCUT2D eigenvalue weighted by atomic mass is 79.9. The molecule has 0 saturated carbocycles. The topological polar surface area (TPSA) is 67.8 Å². The van der Waals surface area contributed by atoms with Crippen molar-refractivity contribution in [2.24, 2.45) is 10.7 Å². The van der Waals surface area contributed by atoms with E-state index in [9.17, 15) is 5.11 Å². The Morgan fingerprint density at radius 3 is 2.87 bits per heavy atom. The summed E-state index contributed by atoms with van der Waals surface area (Å²) in [6.07, 6.45) is 0. The van der Waals surface area contributed by atoms with Gasteiger partial charge in [-0.25, -0.2) is 4.99 Å². The molecule has 0 heterocycles. The molecule has 0 atom stereocenters. The number of rotatable bonds is 3. The maximum absolute atomic E-state index is 9.65. The van der Waals surface area contributed by atoms with Crippen LogP contribution in [0.3, 0.4) is 0 Å². The van der Waals surface area contributed by atoms with Gasteiger partial charge in [0.25, 0.3) is 0 Å². The fourth-order valence-corrected chi connectivity index (χ4v) is 1.44. The zero-order valence-corrected chi connectivity index (χ0v) is 10.3. The van der Waals surface area contributed by atoms with E-state index >= 15 is 0 Å². The Bertz CT molecular complexity index is 396. The second-order valence-electron chi connectivity index (χ2n) is 2.71. The summed E-state index contributed by atoms with van der Waals surface area (Å²) in [7, 11) is 1.53. The highest BCUT2D eigenvalue weighted by molar-refractivity contribution is 9.10. The predicted octanol–water partition coefficient (Wildman–Crippen LogP) is 2.39. The average Bonchev–Trinajstić information content (AvgIpc) is 2.24. The molecule has 0 fully saturated rings. The van der Waals surface area contributed by atoms with Crippen molar-refractivity contribution >= 4 is 39.1 Å². The number of aromatic hydroxyl groups is 1. The number of aliphatic imine (C=N–C) groups is 1. The van der Waals surface area contributed by atoms with Gasteiger partial charge < -0.3 is 15.6 Å². The first kappa shape index (κ1) is 12.1. The van der Waals surface area contributed by atoms with Crippen molar-refractivity contribution in [2.75, 3.05) is 13.0 Å². The second kappa shape index (κ2) is 5.23. The lowest BCUT2D eigenvalue weighted by Crippen LogP contribution is -2.12. The summed E-state index contributed by atoms with van der Waals surface area (Å²) in [5.74, 6) is 0.908. The smallest absolute Gasteiger partial charge is 0.155 e. The van der Waals surface area contributed by atoms with Crippen LogP contribution in [0.1, 0.15) is 0 Å². The molecule has 0 radical (unpaired) electrons. The monoisotopic (exact) mass is 292 g/mol. The van der Waals surface area contributed by atoms with Gasteiger partial charge in [-0.3, -0.25) is 0 Å². The number of nitrogens with zero attached hydrogens (tertiary/aromatic N) is 1. The minimum absolute atomic E-state index is 0.00358. The van der Waals surface area contributed by atoms with Gasteiger partial charge in [0, 0.05) is 6.07 Å². The van der Waals surface area contributed by atoms with Crippen molar-refractivity contribution in [3.63, 3.8) is 0 Å². The van der Waals surface area contributed by atoms with Gasteiger partial charge >= 0.3 is 0 Å². The van der Waals surface area contributed by atoms with Crippen LogP contribution in [0.5, 0.6) is 11.5 Å². The molecule has 3 N–H and O–H groups in total. The number of halogens is 2. The molecular weight excluding hydrogens is 283 g/mol. The molecule has 0 saturated heterocycles. The fourth-order valence-electron chi connectivity index (χ4n) is 0.948. The van der Waals surface area contributed by atoms with Crippen LogP contribution in [0.4, 0.5) is 5.69 Å². The van der Waals surface area contributed by atoms with Gasteiger partial charge in [-0.15, -0.1) is 11.6 Å². The molecule has 0 aromatic heterocycles. The number of benzene rings is 1. The number of amidine groups is 1. The lowest BCUT2D eigenvalue weighted by molar-refractivity contribution is 0.412. The lowest BCUT2D eigenvalue weighted by atomic mass is 10.3. The minimum Gasteiger partial charge on any atom is -0.505 e. The number of methoxy groups -OCH3 is 1. The van der Waals surface area contributed by atoms with Crippen LogP contribution in [-0.4, -0.2) is 23.9 Å². The molecule has 15 heavy (non-hydrogen) atoms. The summed E-state index contributed by atoms with van der Waals surface area (Å²) >= 11 is 8.66. The van der Waals surface area contributed by atoms with E-state index in [1.54, 1.807) is 12.1 Å². The van der Waals surface area contributed by atoms with E-state index in [2.05, 4.69) is 20.9 Å². The van der Waals surface area contributed by atoms with Crippen LogP contribution in [0.15, 0.2) is 21.6 Å². The van der Waals surface area contributed by atoms with Crippen molar-refractivity contribution in [1.29, 1.82) is 0 Å². The molecule has 4 nitrogen and oxygen atoms in total. The Labute approximate surface area is 101 Å². The van der Waals surface area contributed by atoms with E-state index < -0.39 is 0 Å². The SMILES string of the molecule is COc1cc(Br)c(O)c(N=C(N)CCl)c1.